The third-order valence-electron chi connectivity index (χ3n) is 1.97. The van der Waals surface area contributed by atoms with Gasteiger partial charge >= 0.3 is 12.3 Å². The first-order valence-electron chi connectivity index (χ1n) is 4.80. The summed E-state index contributed by atoms with van der Waals surface area (Å²) in [4.78, 5) is 14.8. The molecule has 1 aromatic heterocycles. The lowest BCUT2D eigenvalue weighted by atomic mass is 10.2. The maximum Gasteiger partial charge on any atom is 0.573 e. The van der Waals surface area contributed by atoms with Crippen LogP contribution in [0.15, 0.2) is 6.07 Å². The average Bonchev–Trinajstić information content (AvgIpc) is 2.35. The predicted octanol–water partition coefficient (Wildman–Crippen LogP) is 2.24. The molecule has 0 aliphatic heterocycles. The molecule has 1 aromatic rings. The van der Waals surface area contributed by atoms with E-state index in [2.05, 4.69) is 19.2 Å². The van der Waals surface area contributed by atoms with E-state index in [9.17, 15) is 22.4 Å². The summed E-state index contributed by atoms with van der Waals surface area (Å²) in [5.74, 6) is -2.44. The first-order chi connectivity index (χ1) is 8.82. The van der Waals surface area contributed by atoms with E-state index >= 15 is 0 Å². The van der Waals surface area contributed by atoms with Gasteiger partial charge in [0.25, 0.3) is 0 Å². The molecular formula is C10H9F4NO4. The predicted molar refractivity (Wildman–Crippen MR) is 53.6 cm³/mol. The van der Waals surface area contributed by atoms with E-state index < -0.39 is 30.4 Å². The minimum Gasteiger partial charge on any atom is -0.481 e. The Bertz CT molecular complexity index is 475. The van der Waals surface area contributed by atoms with Crippen molar-refractivity contribution < 1.29 is 36.6 Å². The summed E-state index contributed by atoms with van der Waals surface area (Å²) in [6.45, 7) is -1.13. The molecule has 0 bridgehead atoms. The number of halogens is 4. The highest BCUT2D eigenvalue weighted by Crippen LogP contribution is 2.30. The second-order valence-electron chi connectivity index (χ2n) is 3.18. The Morgan fingerprint density at radius 2 is 2.00 bits per heavy atom. The molecule has 5 nitrogen and oxygen atoms in total. The van der Waals surface area contributed by atoms with E-state index in [1.807, 2.05) is 0 Å². The molecule has 0 saturated heterocycles. The Kier molecular flexibility index (Phi) is 4.52. The van der Waals surface area contributed by atoms with E-state index in [1.165, 1.54) is 0 Å². The fourth-order valence-electron chi connectivity index (χ4n) is 1.23. The van der Waals surface area contributed by atoms with Crippen molar-refractivity contribution in [2.75, 3.05) is 14.2 Å². The summed E-state index contributed by atoms with van der Waals surface area (Å²) in [5.41, 5.74) is -1.04. The highest BCUT2D eigenvalue weighted by atomic mass is 19.4. The van der Waals surface area contributed by atoms with E-state index in [0.717, 1.165) is 14.2 Å². The summed E-state index contributed by atoms with van der Waals surface area (Å²) in [7, 11) is 2.09. The van der Waals surface area contributed by atoms with Crippen LogP contribution in [-0.2, 0) is 11.4 Å². The Balaban J connectivity index is 3.35. The van der Waals surface area contributed by atoms with Gasteiger partial charge < -0.3 is 14.2 Å². The molecule has 0 aliphatic rings. The van der Waals surface area contributed by atoms with E-state index in [-0.39, 0.29) is 11.4 Å². The van der Waals surface area contributed by atoms with Crippen molar-refractivity contribution in [2.24, 2.45) is 0 Å². The van der Waals surface area contributed by atoms with Gasteiger partial charge in [-0.25, -0.2) is 14.2 Å². The van der Waals surface area contributed by atoms with Gasteiger partial charge in [0.2, 0.25) is 5.88 Å². The monoisotopic (exact) mass is 283 g/mol. The normalized spacial score (nSPS) is 11.1. The highest BCUT2D eigenvalue weighted by molar-refractivity contribution is 5.90. The fourth-order valence-corrected chi connectivity index (χ4v) is 1.23. The Labute approximate surface area is 105 Å². The molecule has 106 valence electrons. The Morgan fingerprint density at radius 3 is 2.42 bits per heavy atom. The number of carbonyl (C=O) groups is 1. The van der Waals surface area contributed by atoms with E-state index in [0.29, 0.717) is 6.07 Å². The number of ether oxygens (including phenoxy) is 3. The van der Waals surface area contributed by atoms with Gasteiger partial charge in [0.1, 0.15) is 6.67 Å². The van der Waals surface area contributed by atoms with Crippen LogP contribution in [0.3, 0.4) is 0 Å². The first-order valence-corrected chi connectivity index (χ1v) is 4.80. The standard InChI is InChI=1S/C10H9F4NO4/c1-17-8-5(4-11)3-6(19-10(12,13)14)7(15-8)9(16)18-2/h3H,4H2,1-2H3. The van der Waals surface area contributed by atoms with Gasteiger partial charge in [0.05, 0.1) is 14.2 Å². The van der Waals surface area contributed by atoms with Crippen molar-refractivity contribution in [3.05, 3.63) is 17.3 Å². The van der Waals surface area contributed by atoms with Gasteiger partial charge in [0, 0.05) is 5.56 Å². The maximum atomic E-state index is 12.6. The molecular weight excluding hydrogens is 274 g/mol. The SMILES string of the molecule is COC(=O)c1nc(OC)c(CF)cc1OC(F)(F)F. The lowest BCUT2D eigenvalue weighted by molar-refractivity contribution is -0.274. The lowest BCUT2D eigenvalue weighted by Gasteiger charge is -2.14. The van der Waals surface area contributed by atoms with E-state index in [4.69, 9.17) is 0 Å². The molecule has 0 radical (unpaired) electrons. The molecule has 19 heavy (non-hydrogen) atoms. The number of rotatable bonds is 4. The van der Waals surface area contributed by atoms with Crippen LogP contribution in [0.4, 0.5) is 17.6 Å². The van der Waals surface area contributed by atoms with Crippen molar-refractivity contribution in [3.8, 4) is 11.6 Å². The summed E-state index contributed by atoms with van der Waals surface area (Å²) in [6, 6.07) is 0.686. The summed E-state index contributed by atoms with van der Waals surface area (Å²) in [5, 5.41) is 0. The average molecular weight is 283 g/mol. The molecule has 0 amide bonds. The third-order valence-corrected chi connectivity index (χ3v) is 1.97. The molecule has 0 spiro atoms. The number of methoxy groups -OCH3 is 2. The van der Waals surface area contributed by atoms with E-state index in [1.54, 1.807) is 0 Å². The number of carbonyl (C=O) groups excluding carboxylic acids is 1. The summed E-state index contributed by atoms with van der Waals surface area (Å²) in [6.07, 6.45) is -5.05. The second-order valence-corrected chi connectivity index (χ2v) is 3.18. The summed E-state index contributed by atoms with van der Waals surface area (Å²) < 4.78 is 61.7. The van der Waals surface area contributed by atoms with Crippen molar-refractivity contribution in [2.45, 2.75) is 13.0 Å². The molecule has 0 fully saturated rings. The quantitative estimate of drug-likeness (QED) is 0.626. The second kappa shape index (κ2) is 5.72. The number of alkyl halides is 4. The molecule has 9 heteroatoms. The van der Waals surface area contributed by atoms with Gasteiger partial charge in [-0.05, 0) is 6.07 Å². The largest absolute Gasteiger partial charge is 0.573 e. The number of pyridine rings is 1. The first kappa shape index (κ1) is 15.0. The minimum atomic E-state index is -5.05. The van der Waals surface area contributed by atoms with Crippen LogP contribution in [-0.4, -0.2) is 31.5 Å². The number of esters is 1. The third kappa shape index (κ3) is 3.70. The van der Waals surface area contributed by atoms with Crippen molar-refractivity contribution >= 4 is 5.97 Å². The van der Waals surface area contributed by atoms with Crippen LogP contribution in [0.2, 0.25) is 0 Å². The minimum absolute atomic E-state index is 0.283. The molecule has 0 atom stereocenters. The van der Waals surface area contributed by atoms with Crippen molar-refractivity contribution in [1.29, 1.82) is 0 Å². The van der Waals surface area contributed by atoms with Crippen LogP contribution in [0.25, 0.3) is 0 Å². The Morgan fingerprint density at radius 1 is 1.37 bits per heavy atom. The van der Waals surface area contributed by atoms with Crippen molar-refractivity contribution in [1.82, 2.24) is 4.98 Å². The fraction of sp³-hybridized carbons (Fsp3) is 0.400. The highest BCUT2D eigenvalue weighted by Gasteiger charge is 2.34. The number of aromatic nitrogens is 1. The molecule has 0 aromatic carbocycles. The van der Waals surface area contributed by atoms with Crippen LogP contribution >= 0.6 is 0 Å². The van der Waals surface area contributed by atoms with Crippen LogP contribution in [0, 0.1) is 0 Å². The molecule has 0 unspecified atom stereocenters. The number of hydrogen-bond acceptors (Lipinski definition) is 5. The molecule has 0 N–H and O–H groups in total. The van der Waals surface area contributed by atoms with Gasteiger partial charge in [-0.15, -0.1) is 13.2 Å². The van der Waals surface area contributed by atoms with Crippen LogP contribution in [0.5, 0.6) is 11.6 Å². The number of nitrogens with zero attached hydrogens (tertiary/aromatic N) is 1. The molecule has 0 aliphatic carbocycles. The van der Waals surface area contributed by atoms with Gasteiger partial charge in [-0.2, -0.15) is 0 Å². The zero-order chi connectivity index (χ0) is 14.6. The zero-order valence-electron chi connectivity index (χ0n) is 9.88. The lowest BCUT2D eigenvalue weighted by Crippen LogP contribution is -2.20. The smallest absolute Gasteiger partial charge is 0.481 e. The van der Waals surface area contributed by atoms with Crippen LogP contribution in [0.1, 0.15) is 16.1 Å². The maximum absolute atomic E-state index is 12.6. The molecule has 1 heterocycles. The molecule has 0 saturated carbocycles. The topological polar surface area (TPSA) is 57.7 Å². The van der Waals surface area contributed by atoms with Crippen LogP contribution < -0.4 is 9.47 Å². The molecule has 1 rings (SSSR count). The Hall–Kier alpha value is -2.06. The van der Waals surface area contributed by atoms with Gasteiger partial charge in [-0.3, -0.25) is 0 Å². The summed E-state index contributed by atoms with van der Waals surface area (Å²) >= 11 is 0. The zero-order valence-corrected chi connectivity index (χ0v) is 9.88. The van der Waals surface area contributed by atoms with Gasteiger partial charge in [-0.1, -0.05) is 0 Å². The number of hydrogen-bond donors (Lipinski definition) is 0. The van der Waals surface area contributed by atoms with Gasteiger partial charge in [0.15, 0.2) is 11.4 Å². The van der Waals surface area contributed by atoms with Crippen molar-refractivity contribution in [3.63, 3.8) is 0 Å².